The minimum absolute atomic E-state index is 0.00533. The van der Waals surface area contributed by atoms with Crippen LogP contribution in [0.2, 0.25) is 0 Å². The van der Waals surface area contributed by atoms with E-state index in [-0.39, 0.29) is 5.56 Å². The Hall–Kier alpha value is -2.60. The maximum absolute atomic E-state index is 13.0. The van der Waals surface area contributed by atoms with Gasteiger partial charge in [0.1, 0.15) is 0 Å². The molecule has 0 saturated carbocycles. The Morgan fingerprint density at radius 2 is 1.74 bits per heavy atom. The molecule has 27 heavy (non-hydrogen) atoms. The molecule has 5 nitrogen and oxygen atoms in total. The predicted molar refractivity (Wildman–Crippen MR) is 110 cm³/mol. The first-order chi connectivity index (χ1) is 13.1. The zero-order chi connectivity index (χ0) is 18.8. The highest BCUT2D eigenvalue weighted by atomic mass is 32.2. The van der Waals surface area contributed by atoms with E-state index in [0.717, 1.165) is 22.8 Å². The summed E-state index contributed by atoms with van der Waals surface area (Å²) < 4.78 is 3.78. The molecule has 4 aromatic rings. The summed E-state index contributed by atoms with van der Waals surface area (Å²) in [5.74, 6) is 1.94. The first-order valence-corrected chi connectivity index (χ1v) is 10.2. The third kappa shape index (κ3) is 3.49. The fourth-order valence-electron chi connectivity index (χ4n) is 3.14. The number of hydrogen-bond donors (Lipinski definition) is 0. The van der Waals surface area contributed by atoms with Gasteiger partial charge in [-0.2, -0.15) is 0 Å². The number of fused-ring (bicyclic) bond motifs is 3. The Morgan fingerprint density at radius 3 is 2.52 bits per heavy atom. The van der Waals surface area contributed by atoms with Crippen LogP contribution < -0.4 is 5.56 Å². The number of benzene rings is 2. The number of aryl methyl sites for hydroxylation is 1. The first kappa shape index (κ1) is 17.8. The lowest BCUT2D eigenvalue weighted by Crippen LogP contribution is -2.24. The summed E-state index contributed by atoms with van der Waals surface area (Å²) in [5.41, 5.74) is 2.10. The zero-order valence-electron chi connectivity index (χ0n) is 15.5. The summed E-state index contributed by atoms with van der Waals surface area (Å²) in [7, 11) is 0. The lowest BCUT2D eigenvalue weighted by molar-refractivity contribution is 0.512. The van der Waals surface area contributed by atoms with Crippen LogP contribution in [0.25, 0.3) is 16.7 Å². The van der Waals surface area contributed by atoms with Crippen molar-refractivity contribution in [3.8, 4) is 0 Å². The van der Waals surface area contributed by atoms with Crippen molar-refractivity contribution in [1.82, 2.24) is 19.2 Å². The molecule has 0 aliphatic heterocycles. The Morgan fingerprint density at radius 1 is 1.00 bits per heavy atom. The molecular formula is C21H22N4OS. The van der Waals surface area contributed by atoms with Gasteiger partial charge < -0.3 is 0 Å². The summed E-state index contributed by atoms with van der Waals surface area (Å²) in [6.45, 7) is 4.97. The average Bonchev–Trinajstić information content (AvgIpc) is 3.11. The van der Waals surface area contributed by atoms with E-state index in [2.05, 4.69) is 36.2 Å². The predicted octanol–water partition coefficient (Wildman–Crippen LogP) is 4.38. The number of nitrogens with zero attached hydrogens (tertiary/aromatic N) is 4. The van der Waals surface area contributed by atoms with Gasteiger partial charge >= 0.3 is 0 Å². The summed E-state index contributed by atoms with van der Waals surface area (Å²) >= 11 is 1.64. The minimum Gasteiger partial charge on any atom is -0.276 e. The van der Waals surface area contributed by atoms with Gasteiger partial charge in [-0.3, -0.25) is 13.8 Å². The van der Waals surface area contributed by atoms with Crippen molar-refractivity contribution >= 4 is 28.4 Å². The van der Waals surface area contributed by atoms with Crippen LogP contribution in [0.3, 0.4) is 0 Å². The highest BCUT2D eigenvalue weighted by Gasteiger charge is 2.16. The second-order valence-corrected chi connectivity index (χ2v) is 7.99. The molecule has 6 heteroatoms. The first-order valence-electron chi connectivity index (χ1n) is 9.18. The fraction of sp³-hybridized carbons (Fsp3) is 0.286. The molecule has 138 valence electrons. The van der Waals surface area contributed by atoms with Crippen molar-refractivity contribution < 1.29 is 0 Å². The quantitative estimate of drug-likeness (QED) is 0.467. The molecule has 0 aliphatic carbocycles. The number of thioether (sulfide) groups is 1. The van der Waals surface area contributed by atoms with E-state index in [1.54, 1.807) is 16.3 Å². The highest BCUT2D eigenvalue weighted by molar-refractivity contribution is 7.98. The lowest BCUT2D eigenvalue weighted by Gasteiger charge is -2.12. The molecule has 0 saturated heterocycles. The molecular weight excluding hydrogens is 356 g/mol. The van der Waals surface area contributed by atoms with E-state index in [1.165, 1.54) is 5.56 Å². The third-order valence-electron chi connectivity index (χ3n) is 4.62. The molecule has 2 aromatic carbocycles. The molecule has 2 aromatic heterocycles. The number of para-hydroxylation sites is 1. The van der Waals surface area contributed by atoms with Gasteiger partial charge in [-0.15, -0.1) is 10.2 Å². The van der Waals surface area contributed by atoms with Crippen LogP contribution in [0.15, 0.2) is 64.5 Å². The SMILES string of the molecule is CC(C)CCn1c(=O)c2ccccc2n2c(SCc3ccccc3)nnc12. The Bertz CT molecular complexity index is 1130. The molecule has 0 fully saturated rings. The van der Waals surface area contributed by atoms with Crippen LogP contribution in [0.5, 0.6) is 0 Å². The minimum atomic E-state index is 0.00533. The van der Waals surface area contributed by atoms with Crippen molar-refractivity contribution in [2.24, 2.45) is 5.92 Å². The van der Waals surface area contributed by atoms with E-state index < -0.39 is 0 Å². The second-order valence-electron chi connectivity index (χ2n) is 7.05. The normalized spacial score (nSPS) is 11.7. The van der Waals surface area contributed by atoms with E-state index in [1.807, 2.05) is 46.9 Å². The van der Waals surface area contributed by atoms with Crippen LogP contribution in [0.1, 0.15) is 25.8 Å². The summed E-state index contributed by atoms with van der Waals surface area (Å²) in [6, 6.07) is 18.0. The number of rotatable bonds is 6. The molecule has 0 unspecified atom stereocenters. The summed E-state index contributed by atoms with van der Waals surface area (Å²) in [5, 5.41) is 10.3. The van der Waals surface area contributed by atoms with Gasteiger partial charge in [-0.1, -0.05) is 68.1 Å². The van der Waals surface area contributed by atoms with Gasteiger partial charge in [0, 0.05) is 12.3 Å². The van der Waals surface area contributed by atoms with Crippen LogP contribution >= 0.6 is 11.8 Å². The number of hydrogen-bond acceptors (Lipinski definition) is 4. The largest absolute Gasteiger partial charge is 0.276 e. The van der Waals surface area contributed by atoms with Crippen molar-refractivity contribution in [3.63, 3.8) is 0 Å². The molecule has 0 N–H and O–H groups in total. The topological polar surface area (TPSA) is 52.2 Å². The van der Waals surface area contributed by atoms with Crippen molar-refractivity contribution in [3.05, 3.63) is 70.5 Å². The Balaban J connectivity index is 1.83. The van der Waals surface area contributed by atoms with E-state index in [0.29, 0.717) is 23.6 Å². The second kappa shape index (κ2) is 7.56. The highest BCUT2D eigenvalue weighted by Crippen LogP contribution is 2.24. The zero-order valence-corrected chi connectivity index (χ0v) is 16.3. The van der Waals surface area contributed by atoms with E-state index in [9.17, 15) is 4.79 Å². The van der Waals surface area contributed by atoms with Crippen LogP contribution in [0.4, 0.5) is 0 Å². The molecule has 0 atom stereocenters. The maximum atomic E-state index is 13.0. The number of aromatic nitrogens is 4. The van der Waals surface area contributed by atoms with E-state index >= 15 is 0 Å². The van der Waals surface area contributed by atoms with Gasteiger partial charge in [0.25, 0.3) is 5.56 Å². The summed E-state index contributed by atoms with van der Waals surface area (Å²) in [6.07, 6.45) is 0.924. The molecule has 0 radical (unpaired) electrons. The molecule has 4 rings (SSSR count). The van der Waals surface area contributed by atoms with Crippen LogP contribution in [0, 0.1) is 5.92 Å². The van der Waals surface area contributed by atoms with Gasteiger partial charge in [0.05, 0.1) is 10.9 Å². The van der Waals surface area contributed by atoms with Gasteiger partial charge in [-0.25, -0.2) is 0 Å². The average molecular weight is 379 g/mol. The Kier molecular flexibility index (Phi) is 4.99. The van der Waals surface area contributed by atoms with E-state index in [4.69, 9.17) is 0 Å². The van der Waals surface area contributed by atoms with Gasteiger partial charge in [0.15, 0.2) is 5.16 Å². The summed E-state index contributed by atoms with van der Waals surface area (Å²) in [4.78, 5) is 13.0. The molecule has 0 amide bonds. The van der Waals surface area contributed by atoms with Gasteiger partial charge in [0.2, 0.25) is 5.78 Å². The maximum Gasteiger partial charge on any atom is 0.262 e. The monoisotopic (exact) mass is 378 g/mol. The standard InChI is InChI=1S/C21H22N4OS/c1-15(2)12-13-24-19(26)17-10-6-7-11-18(17)25-20(24)22-23-21(25)27-14-16-8-4-3-5-9-16/h3-11,15H,12-14H2,1-2H3. The van der Waals surface area contributed by atoms with Crippen LogP contribution in [-0.2, 0) is 12.3 Å². The van der Waals surface area contributed by atoms with Gasteiger partial charge in [-0.05, 0) is 30.0 Å². The van der Waals surface area contributed by atoms with Crippen molar-refractivity contribution in [2.45, 2.75) is 37.7 Å². The van der Waals surface area contributed by atoms with Crippen LogP contribution in [-0.4, -0.2) is 19.2 Å². The third-order valence-corrected chi connectivity index (χ3v) is 5.62. The molecule has 0 bridgehead atoms. The molecule has 0 spiro atoms. The van der Waals surface area contributed by atoms with Crippen molar-refractivity contribution in [2.75, 3.05) is 0 Å². The van der Waals surface area contributed by atoms with Crippen molar-refractivity contribution in [1.29, 1.82) is 0 Å². The smallest absolute Gasteiger partial charge is 0.262 e. The lowest BCUT2D eigenvalue weighted by atomic mass is 10.1. The molecule has 2 heterocycles. The fourth-order valence-corrected chi connectivity index (χ4v) is 4.03. The Labute approximate surface area is 162 Å². The molecule has 0 aliphatic rings.